The van der Waals surface area contributed by atoms with Gasteiger partial charge in [0.25, 0.3) is 0 Å². The molecule has 0 spiro atoms. The van der Waals surface area contributed by atoms with Gasteiger partial charge in [0.05, 0.1) is 18.8 Å². The molecule has 0 saturated carbocycles. The molecular formula is C18H29NO2. The van der Waals surface area contributed by atoms with Crippen LogP contribution in [0.25, 0.3) is 0 Å². The van der Waals surface area contributed by atoms with Crippen molar-refractivity contribution in [3.05, 3.63) is 34.4 Å². The maximum Gasteiger partial charge on any atom is 0.0665 e. The molecule has 0 radical (unpaired) electrons. The SMILES string of the molecule is CCNC(COC1CCOCC1)c1c(C)cc(C)cc1C. The summed E-state index contributed by atoms with van der Waals surface area (Å²) in [6.07, 6.45) is 2.39. The Labute approximate surface area is 129 Å². The Morgan fingerprint density at radius 3 is 2.38 bits per heavy atom. The van der Waals surface area contributed by atoms with Crippen LogP contribution < -0.4 is 5.32 Å². The first-order chi connectivity index (χ1) is 10.1. The van der Waals surface area contributed by atoms with Crippen LogP contribution in [-0.4, -0.2) is 32.5 Å². The molecule has 1 saturated heterocycles. The van der Waals surface area contributed by atoms with E-state index in [0.29, 0.717) is 6.10 Å². The van der Waals surface area contributed by atoms with Crippen LogP contribution in [0, 0.1) is 20.8 Å². The third kappa shape index (κ3) is 4.53. The summed E-state index contributed by atoms with van der Waals surface area (Å²) in [7, 11) is 0. The molecule has 1 fully saturated rings. The van der Waals surface area contributed by atoms with Crippen LogP contribution in [-0.2, 0) is 9.47 Å². The normalized spacial score (nSPS) is 17.9. The maximum atomic E-state index is 6.15. The number of ether oxygens (including phenoxy) is 2. The Morgan fingerprint density at radius 2 is 1.81 bits per heavy atom. The van der Waals surface area contributed by atoms with Crippen molar-refractivity contribution in [2.24, 2.45) is 0 Å². The van der Waals surface area contributed by atoms with E-state index in [4.69, 9.17) is 9.47 Å². The van der Waals surface area contributed by atoms with Gasteiger partial charge in [0.1, 0.15) is 0 Å². The molecular weight excluding hydrogens is 262 g/mol. The molecule has 1 unspecified atom stereocenters. The maximum absolute atomic E-state index is 6.15. The first kappa shape index (κ1) is 16.5. The molecule has 21 heavy (non-hydrogen) atoms. The average Bonchev–Trinajstić information content (AvgIpc) is 2.45. The number of rotatable bonds is 6. The van der Waals surface area contributed by atoms with E-state index in [1.807, 2.05) is 0 Å². The summed E-state index contributed by atoms with van der Waals surface area (Å²) in [5.74, 6) is 0. The van der Waals surface area contributed by atoms with Crippen molar-refractivity contribution in [3.63, 3.8) is 0 Å². The quantitative estimate of drug-likeness (QED) is 0.870. The van der Waals surface area contributed by atoms with Gasteiger partial charge < -0.3 is 14.8 Å². The molecule has 1 aromatic carbocycles. The van der Waals surface area contributed by atoms with Gasteiger partial charge in [0.15, 0.2) is 0 Å². The molecule has 1 aliphatic heterocycles. The minimum atomic E-state index is 0.276. The summed E-state index contributed by atoms with van der Waals surface area (Å²) in [6.45, 7) is 12.1. The molecule has 0 aromatic heterocycles. The topological polar surface area (TPSA) is 30.5 Å². The molecule has 3 nitrogen and oxygen atoms in total. The summed E-state index contributed by atoms with van der Waals surface area (Å²) in [4.78, 5) is 0. The molecule has 1 N–H and O–H groups in total. The summed E-state index contributed by atoms with van der Waals surface area (Å²) < 4.78 is 11.5. The van der Waals surface area contributed by atoms with Crippen LogP contribution in [0.5, 0.6) is 0 Å². The Bertz CT molecular complexity index is 430. The van der Waals surface area contributed by atoms with Crippen LogP contribution >= 0.6 is 0 Å². The van der Waals surface area contributed by atoms with Crippen molar-refractivity contribution in [3.8, 4) is 0 Å². The summed E-state index contributed by atoms with van der Waals surface area (Å²) in [5, 5.41) is 3.58. The second kappa shape index (κ2) is 7.92. The van der Waals surface area contributed by atoms with E-state index < -0.39 is 0 Å². The zero-order valence-corrected chi connectivity index (χ0v) is 13.9. The third-order valence-corrected chi connectivity index (χ3v) is 4.20. The lowest BCUT2D eigenvalue weighted by molar-refractivity contribution is -0.0383. The van der Waals surface area contributed by atoms with Gasteiger partial charge in [0.2, 0.25) is 0 Å². The first-order valence-electron chi connectivity index (χ1n) is 8.12. The number of likely N-dealkylation sites (N-methyl/N-ethyl adjacent to an activating group) is 1. The lowest BCUT2D eigenvalue weighted by Crippen LogP contribution is -2.31. The Kier molecular flexibility index (Phi) is 6.22. The Hall–Kier alpha value is -0.900. The molecule has 0 bridgehead atoms. The molecule has 1 atom stereocenters. The molecule has 118 valence electrons. The highest BCUT2D eigenvalue weighted by Crippen LogP contribution is 2.25. The second-order valence-corrected chi connectivity index (χ2v) is 6.07. The highest BCUT2D eigenvalue weighted by atomic mass is 16.5. The van der Waals surface area contributed by atoms with E-state index in [-0.39, 0.29) is 6.04 Å². The fourth-order valence-electron chi connectivity index (χ4n) is 3.31. The molecule has 0 aliphatic carbocycles. The molecule has 0 amide bonds. The molecule has 1 aromatic rings. The van der Waals surface area contributed by atoms with Gasteiger partial charge in [-0.15, -0.1) is 0 Å². The van der Waals surface area contributed by atoms with E-state index in [9.17, 15) is 0 Å². The van der Waals surface area contributed by atoms with Crippen LogP contribution in [0.2, 0.25) is 0 Å². The summed E-state index contributed by atoms with van der Waals surface area (Å²) >= 11 is 0. The van der Waals surface area contributed by atoms with E-state index >= 15 is 0 Å². The fourth-order valence-corrected chi connectivity index (χ4v) is 3.31. The van der Waals surface area contributed by atoms with Gasteiger partial charge in [-0.25, -0.2) is 0 Å². The molecule has 2 rings (SSSR count). The largest absolute Gasteiger partial charge is 0.381 e. The van der Waals surface area contributed by atoms with Gasteiger partial charge >= 0.3 is 0 Å². The van der Waals surface area contributed by atoms with Crippen molar-refractivity contribution < 1.29 is 9.47 Å². The first-order valence-corrected chi connectivity index (χ1v) is 8.12. The predicted octanol–water partition coefficient (Wildman–Crippen LogP) is 3.46. The van der Waals surface area contributed by atoms with Gasteiger partial charge in [0, 0.05) is 13.2 Å². The highest BCUT2D eigenvalue weighted by molar-refractivity contribution is 5.39. The van der Waals surface area contributed by atoms with Crippen LogP contribution in [0.4, 0.5) is 0 Å². The van der Waals surface area contributed by atoms with Crippen LogP contribution in [0.3, 0.4) is 0 Å². The number of hydrogen-bond acceptors (Lipinski definition) is 3. The van der Waals surface area contributed by atoms with Gasteiger partial charge in [-0.1, -0.05) is 24.6 Å². The zero-order valence-electron chi connectivity index (χ0n) is 13.9. The number of hydrogen-bond donors (Lipinski definition) is 1. The number of benzene rings is 1. The summed E-state index contributed by atoms with van der Waals surface area (Å²) in [5.41, 5.74) is 5.44. The fraction of sp³-hybridized carbons (Fsp3) is 0.667. The van der Waals surface area contributed by atoms with Gasteiger partial charge in [-0.2, -0.15) is 0 Å². The van der Waals surface area contributed by atoms with Crippen molar-refractivity contribution in [2.45, 2.75) is 52.7 Å². The van der Waals surface area contributed by atoms with E-state index in [0.717, 1.165) is 39.2 Å². The van der Waals surface area contributed by atoms with Crippen molar-refractivity contribution in [1.29, 1.82) is 0 Å². The van der Waals surface area contributed by atoms with Crippen molar-refractivity contribution in [1.82, 2.24) is 5.32 Å². The third-order valence-electron chi connectivity index (χ3n) is 4.20. The second-order valence-electron chi connectivity index (χ2n) is 6.07. The zero-order chi connectivity index (χ0) is 15.2. The predicted molar refractivity (Wildman–Crippen MR) is 86.9 cm³/mol. The lowest BCUT2D eigenvalue weighted by Gasteiger charge is -2.27. The van der Waals surface area contributed by atoms with Crippen molar-refractivity contribution >= 4 is 0 Å². The average molecular weight is 291 g/mol. The Morgan fingerprint density at radius 1 is 1.19 bits per heavy atom. The lowest BCUT2D eigenvalue weighted by atomic mass is 9.94. The minimum Gasteiger partial charge on any atom is -0.381 e. The standard InChI is InChI=1S/C18H29NO2/c1-5-19-17(12-21-16-6-8-20-9-7-16)18-14(3)10-13(2)11-15(18)4/h10-11,16-17,19H,5-9,12H2,1-4H3. The Balaban J connectivity index is 2.07. The monoisotopic (exact) mass is 291 g/mol. The number of nitrogens with one attached hydrogen (secondary N) is 1. The van der Waals surface area contributed by atoms with Gasteiger partial charge in [-0.3, -0.25) is 0 Å². The van der Waals surface area contributed by atoms with Gasteiger partial charge in [-0.05, 0) is 56.8 Å². The molecule has 1 aliphatic rings. The van der Waals surface area contributed by atoms with Crippen LogP contribution in [0.15, 0.2) is 12.1 Å². The molecule has 1 heterocycles. The minimum absolute atomic E-state index is 0.276. The number of aryl methyl sites for hydroxylation is 3. The van der Waals surface area contributed by atoms with Crippen molar-refractivity contribution in [2.75, 3.05) is 26.4 Å². The smallest absolute Gasteiger partial charge is 0.0665 e. The van der Waals surface area contributed by atoms with E-state index in [1.54, 1.807) is 0 Å². The van der Waals surface area contributed by atoms with E-state index in [2.05, 4.69) is 45.1 Å². The van der Waals surface area contributed by atoms with Crippen LogP contribution in [0.1, 0.15) is 48.1 Å². The summed E-state index contributed by atoms with van der Waals surface area (Å²) in [6, 6.07) is 4.81. The van der Waals surface area contributed by atoms with E-state index in [1.165, 1.54) is 22.3 Å². The highest BCUT2D eigenvalue weighted by Gasteiger charge is 2.20. The molecule has 3 heteroatoms.